The van der Waals surface area contributed by atoms with E-state index >= 15 is 0 Å². The number of hydrogen-bond acceptors (Lipinski definition) is 4. The van der Waals surface area contributed by atoms with E-state index in [1.807, 2.05) is 6.07 Å². The van der Waals surface area contributed by atoms with E-state index in [1.54, 1.807) is 28.9 Å². The molecule has 2 aromatic carbocycles. The van der Waals surface area contributed by atoms with Gasteiger partial charge in [0.05, 0.1) is 16.1 Å². The van der Waals surface area contributed by atoms with E-state index in [1.165, 1.54) is 6.07 Å². The Labute approximate surface area is 159 Å². The fraction of sp³-hybridized carbons (Fsp3) is 0.111. The van der Waals surface area contributed by atoms with Crippen molar-refractivity contribution in [2.75, 3.05) is 5.32 Å². The van der Waals surface area contributed by atoms with Crippen LogP contribution in [0.4, 0.5) is 29.1 Å². The zero-order valence-corrected chi connectivity index (χ0v) is 14.5. The third kappa shape index (κ3) is 2.26. The molecule has 1 aliphatic heterocycles. The quantitative estimate of drug-likeness (QED) is 0.454. The average Bonchev–Trinajstić information content (AvgIpc) is 3.19. The summed E-state index contributed by atoms with van der Waals surface area (Å²) < 4.78 is 60.6. The topological polar surface area (TPSA) is 51.5 Å². The van der Waals surface area contributed by atoms with Crippen LogP contribution >= 0.6 is 11.6 Å². The molecule has 0 radical (unpaired) electrons. The maximum atomic E-state index is 13.9. The van der Waals surface area contributed by atoms with E-state index in [0.29, 0.717) is 21.7 Å². The maximum absolute atomic E-state index is 13.9. The second kappa shape index (κ2) is 5.48. The van der Waals surface area contributed by atoms with Crippen LogP contribution in [0.1, 0.15) is 5.56 Å². The second-order valence-electron chi connectivity index (χ2n) is 6.22. The molecular formula is C18H9ClF4N4O. The molecule has 0 aliphatic carbocycles. The third-order valence-corrected chi connectivity index (χ3v) is 4.79. The van der Waals surface area contributed by atoms with Crippen molar-refractivity contribution in [1.82, 2.24) is 14.4 Å². The summed E-state index contributed by atoms with van der Waals surface area (Å²) in [7, 11) is 0. The number of ether oxygens (including phenoxy) is 1. The van der Waals surface area contributed by atoms with Crippen molar-refractivity contribution >= 4 is 39.8 Å². The lowest BCUT2D eigenvalue weighted by Crippen LogP contribution is -2.36. The van der Waals surface area contributed by atoms with Gasteiger partial charge >= 0.3 is 12.0 Å². The molecule has 0 saturated heterocycles. The molecule has 28 heavy (non-hydrogen) atoms. The monoisotopic (exact) mass is 408 g/mol. The largest absolute Gasteiger partial charge is 0.469 e. The van der Waals surface area contributed by atoms with E-state index < -0.39 is 23.3 Å². The van der Waals surface area contributed by atoms with Crippen molar-refractivity contribution in [2.24, 2.45) is 0 Å². The normalized spacial score (nSPS) is 16.9. The van der Waals surface area contributed by atoms with Gasteiger partial charge in [-0.25, -0.2) is 9.97 Å². The highest BCUT2D eigenvalue weighted by Crippen LogP contribution is 2.53. The lowest BCUT2D eigenvalue weighted by atomic mass is 10.1. The third-order valence-electron chi connectivity index (χ3n) is 4.49. The summed E-state index contributed by atoms with van der Waals surface area (Å²) in [4.78, 5) is 8.66. The van der Waals surface area contributed by atoms with Gasteiger partial charge in [0.2, 0.25) is 0 Å². The van der Waals surface area contributed by atoms with Crippen LogP contribution in [0.2, 0.25) is 5.02 Å². The van der Waals surface area contributed by atoms with E-state index in [0.717, 1.165) is 12.1 Å². The first-order valence-corrected chi connectivity index (χ1v) is 8.43. The number of benzene rings is 2. The van der Waals surface area contributed by atoms with Gasteiger partial charge in [-0.05, 0) is 30.3 Å². The van der Waals surface area contributed by atoms with Crippen molar-refractivity contribution in [3.8, 4) is 5.75 Å². The predicted molar refractivity (Wildman–Crippen MR) is 94.7 cm³/mol. The molecule has 2 aromatic heterocycles. The highest BCUT2D eigenvalue weighted by molar-refractivity contribution is 6.35. The Hall–Kier alpha value is -3.07. The molecule has 4 aromatic rings. The number of alkyl halides is 4. The van der Waals surface area contributed by atoms with E-state index in [4.69, 9.17) is 11.6 Å². The molecule has 0 bridgehead atoms. The van der Waals surface area contributed by atoms with Crippen LogP contribution in [0.15, 0.2) is 48.8 Å². The van der Waals surface area contributed by atoms with Crippen LogP contribution in [0.5, 0.6) is 5.75 Å². The van der Waals surface area contributed by atoms with E-state index in [9.17, 15) is 17.6 Å². The molecule has 0 unspecified atom stereocenters. The van der Waals surface area contributed by atoms with Gasteiger partial charge in [-0.15, -0.1) is 0 Å². The summed E-state index contributed by atoms with van der Waals surface area (Å²) in [5, 5.41) is 3.25. The molecule has 1 aliphatic rings. The van der Waals surface area contributed by atoms with E-state index in [-0.39, 0.29) is 11.5 Å². The average molecular weight is 409 g/mol. The molecule has 1 N–H and O–H groups in total. The molecule has 0 saturated carbocycles. The molecule has 0 atom stereocenters. The molecule has 3 heterocycles. The number of anilines is 2. The smallest absolute Gasteiger partial charge is 0.427 e. The number of nitrogens with one attached hydrogen (secondary N) is 1. The Kier molecular flexibility index (Phi) is 3.34. The van der Waals surface area contributed by atoms with Gasteiger partial charge in [-0.2, -0.15) is 17.6 Å². The summed E-state index contributed by atoms with van der Waals surface area (Å²) >= 11 is 6.22. The lowest BCUT2D eigenvalue weighted by Gasteiger charge is -2.16. The minimum Gasteiger partial charge on any atom is -0.427 e. The Morgan fingerprint density at radius 1 is 1.11 bits per heavy atom. The van der Waals surface area contributed by atoms with Gasteiger partial charge in [0.1, 0.15) is 11.3 Å². The number of halogens is 5. The number of hydrogen-bond donors (Lipinski definition) is 1. The molecule has 0 spiro atoms. The molecule has 5 rings (SSSR count). The first-order chi connectivity index (χ1) is 13.3. The summed E-state index contributed by atoms with van der Waals surface area (Å²) in [5.41, 5.74) is 0.824. The minimum atomic E-state index is -4.60. The molecule has 5 nitrogen and oxygen atoms in total. The fourth-order valence-corrected chi connectivity index (χ4v) is 3.38. The van der Waals surface area contributed by atoms with Gasteiger partial charge in [0.25, 0.3) is 0 Å². The molecule has 0 fully saturated rings. The number of fused-ring (bicyclic) bond motifs is 4. The van der Waals surface area contributed by atoms with Crippen molar-refractivity contribution in [3.05, 3.63) is 59.4 Å². The van der Waals surface area contributed by atoms with Crippen molar-refractivity contribution in [1.29, 1.82) is 0 Å². The Bertz CT molecular complexity index is 1260. The SMILES string of the molecule is FC1(F)Oc2ccc(Nc3nc4c(Cl)cccc4n4ccnc34)cc2C1(F)F. The lowest BCUT2D eigenvalue weighted by molar-refractivity contribution is -0.296. The molecular weight excluding hydrogens is 400 g/mol. The van der Waals surface area contributed by atoms with Gasteiger partial charge in [0.15, 0.2) is 11.5 Å². The van der Waals surface area contributed by atoms with Crippen LogP contribution in [0.25, 0.3) is 16.7 Å². The first-order valence-electron chi connectivity index (χ1n) is 8.05. The zero-order chi connectivity index (χ0) is 19.7. The number of aromatic nitrogens is 3. The van der Waals surface area contributed by atoms with Crippen LogP contribution in [-0.2, 0) is 5.92 Å². The zero-order valence-electron chi connectivity index (χ0n) is 13.8. The molecule has 10 heteroatoms. The summed E-state index contributed by atoms with van der Waals surface area (Å²) in [6, 6.07) is 8.55. The maximum Gasteiger partial charge on any atom is 0.469 e. The summed E-state index contributed by atoms with van der Waals surface area (Å²) in [6.45, 7) is 0. The highest BCUT2D eigenvalue weighted by Gasteiger charge is 2.66. The van der Waals surface area contributed by atoms with Crippen LogP contribution < -0.4 is 10.1 Å². The number of nitrogens with zero attached hydrogens (tertiary/aromatic N) is 3. The standard InChI is InChI=1S/C18H9ClF4N4O/c19-11-2-1-3-12-14(11)26-15(16-24-6-7-27(12)16)25-9-4-5-13-10(8-9)17(20,21)18(22,23)28-13/h1-8H,(H,25,26). The van der Waals surface area contributed by atoms with Crippen LogP contribution in [-0.4, -0.2) is 20.5 Å². The summed E-state index contributed by atoms with van der Waals surface area (Å²) in [6.07, 6.45) is -1.35. The molecule has 142 valence electrons. The Morgan fingerprint density at radius 2 is 1.93 bits per heavy atom. The fourth-order valence-electron chi connectivity index (χ4n) is 3.17. The van der Waals surface area contributed by atoms with Crippen molar-refractivity contribution in [3.63, 3.8) is 0 Å². The Balaban J connectivity index is 1.64. The summed E-state index contributed by atoms with van der Waals surface area (Å²) in [5.74, 6) is -4.77. The number of imidazole rings is 1. The van der Waals surface area contributed by atoms with Gasteiger partial charge in [-0.1, -0.05) is 17.7 Å². The van der Waals surface area contributed by atoms with Crippen LogP contribution in [0.3, 0.4) is 0 Å². The number of rotatable bonds is 2. The predicted octanol–water partition coefficient (Wildman–Crippen LogP) is 5.36. The highest BCUT2D eigenvalue weighted by atomic mass is 35.5. The first kappa shape index (κ1) is 17.1. The van der Waals surface area contributed by atoms with Gasteiger partial charge < -0.3 is 10.1 Å². The van der Waals surface area contributed by atoms with Crippen molar-refractivity contribution in [2.45, 2.75) is 12.0 Å². The Morgan fingerprint density at radius 3 is 2.75 bits per heavy atom. The number of para-hydroxylation sites is 1. The van der Waals surface area contributed by atoms with Crippen LogP contribution in [0, 0.1) is 0 Å². The minimum absolute atomic E-state index is 0.128. The van der Waals surface area contributed by atoms with Gasteiger partial charge in [0, 0.05) is 18.1 Å². The molecule has 0 amide bonds. The second-order valence-corrected chi connectivity index (χ2v) is 6.63. The van der Waals surface area contributed by atoms with Crippen molar-refractivity contribution < 1.29 is 22.3 Å². The van der Waals surface area contributed by atoms with E-state index in [2.05, 4.69) is 20.0 Å². The van der Waals surface area contributed by atoms with Gasteiger partial charge in [-0.3, -0.25) is 4.40 Å².